The van der Waals surface area contributed by atoms with Gasteiger partial charge in [-0.2, -0.15) is 0 Å². The number of nitrogens with zero attached hydrogens (tertiary/aromatic N) is 1. The molecule has 0 fully saturated rings. The standard InChI is InChI=1S/C15H19BrN2S/c1-10(8-13-4-6-14(16)7-5-13)17-12(3)15-18-11(2)9-19-15/h4-7,9-10,12,17H,8H2,1-3H3. The minimum absolute atomic E-state index is 0.309. The lowest BCUT2D eigenvalue weighted by Gasteiger charge is -2.18. The maximum Gasteiger partial charge on any atom is 0.110 e. The SMILES string of the molecule is Cc1csc(C(C)NC(C)Cc2ccc(Br)cc2)n1. The van der Waals surface area contributed by atoms with Crippen molar-refractivity contribution in [2.75, 3.05) is 0 Å². The van der Waals surface area contributed by atoms with Crippen LogP contribution in [0.25, 0.3) is 0 Å². The molecule has 1 aromatic carbocycles. The van der Waals surface area contributed by atoms with Crippen molar-refractivity contribution in [3.8, 4) is 0 Å². The molecule has 0 saturated heterocycles. The van der Waals surface area contributed by atoms with Crippen LogP contribution in [0, 0.1) is 6.92 Å². The Balaban J connectivity index is 1.90. The Kier molecular flexibility index (Phi) is 5.13. The van der Waals surface area contributed by atoms with Crippen LogP contribution in [0.1, 0.15) is 36.2 Å². The molecule has 2 aromatic rings. The predicted octanol–water partition coefficient (Wildman–Crippen LogP) is 4.50. The van der Waals surface area contributed by atoms with Gasteiger partial charge in [-0.15, -0.1) is 11.3 Å². The van der Waals surface area contributed by atoms with Gasteiger partial charge in [0, 0.05) is 21.6 Å². The van der Waals surface area contributed by atoms with E-state index in [1.165, 1.54) is 10.6 Å². The Hall–Kier alpha value is -0.710. The molecule has 102 valence electrons. The molecule has 2 rings (SSSR count). The van der Waals surface area contributed by atoms with Crippen LogP contribution < -0.4 is 5.32 Å². The van der Waals surface area contributed by atoms with Crippen LogP contribution in [-0.2, 0) is 6.42 Å². The Bertz CT molecular complexity index is 521. The van der Waals surface area contributed by atoms with E-state index in [4.69, 9.17) is 0 Å². The Morgan fingerprint density at radius 2 is 1.95 bits per heavy atom. The third-order valence-electron chi connectivity index (χ3n) is 3.00. The van der Waals surface area contributed by atoms with Gasteiger partial charge in [0.25, 0.3) is 0 Å². The molecule has 19 heavy (non-hydrogen) atoms. The summed E-state index contributed by atoms with van der Waals surface area (Å²) in [6, 6.07) is 9.26. The molecule has 1 aromatic heterocycles. The molecule has 0 aliphatic rings. The van der Waals surface area contributed by atoms with Gasteiger partial charge in [-0.25, -0.2) is 4.98 Å². The van der Waals surface area contributed by atoms with Crippen molar-refractivity contribution in [3.63, 3.8) is 0 Å². The quantitative estimate of drug-likeness (QED) is 0.868. The summed E-state index contributed by atoms with van der Waals surface area (Å²) in [6.07, 6.45) is 1.03. The number of hydrogen-bond acceptors (Lipinski definition) is 3. The molecule has 1 heterocycles. The molecule has 0 spiro atoms. The van der Waals surface area contributed by atoms with E-state index < -0.39 is 0 Å². The second kappa shape index (κ2) is 6.64. The largest absolute Gasteiger partial charge is 0.305 e. The summed E-state index contributed by atoms with van der Waals surface area (Å²) in [7, 11) is 0. The summed E-state index contributed by atoms with van der Waals surface area (Å²) in [5.74, 6) is 0. The smallest absolute Gasteiger partial charge is 0.110 e. The third kappa shape index (κ3) is 4.41. The van der Waals surface area contributed by atoms with Gasteiger partial charge in [0.1, 0.15) is 5.01 Å². The first kappa shape index (κ1) is 14.7. The van der Waals surface area contributed by atoms with Gasteiger partial charge in [0.2, 0.25) is 0 Å². The molecular formula is C15H19BrN2S. The van der Waals surface area contributed by atoms with E-state index in [0.29, 0.717) is 12.1 Å². The fraction of sp³-hybridized carbons (Fsp3) is 0.400. The van der Waals surface area contributed by atoms with Crippen molar-refractivity contribution in [2.45, 2.75) is 39.3 Å². The number of benzene rings is 1. The lowest BCUT2D eigenvalue weighted by Crippen LogP contribution is -2.30. The van der Waals surface area contributed by atoms with Crippen LogP contribution in [-0.4, -0.2) is 11.0 Å². The number of aryl methyl sites for hydroxylation is 1. The first-order valence-corrected chi connectivity index (χ1v) is 8.14. The van der Waals surface area contributed by atoms with Gasteiger partial charge in [0.05, 0.1) is 6.04 Å². The average Bonchev–Trinajstić information content (AvgIpc) is 2.79. The maximum atomic E-state index is 4.53. The lowest BCUT2D eigenvalue weighted by molar-refractivity contribution is 0.475. The Labute approximate surface area is 127 Å². The fourth-order valence-electron chi connectivity index (χ4n) is 2.10. The molecule has 2 unspecified atom stereocenters. The highest BCUT2D eigenvalue weighted by molar-refractivity contribution is 9.10. The molecule has 0 bridgehead atoms. The van der Waals surface area contributed by atoms with Crippen LogP contribution in [0.5, 0.6) is 0 Å². The van der Waals surface area contributed by atoms with Gasteiger partial charge in [0.15, 0.2) is 0 Å². The topological polar surface area (TPSA) is 24.9 Å². The Morgan fingerprint density at radius 1 is 1.26 bits per heavy atom. The van der Waals surface area contributed by atoms with Crippen molar-refractivity contribution in [3.05, 3.63) is 50.4 Å². The molecule has 2 nitrogen and oxygen atoms in total. The normalized spacial score (nSPS) is 14.3. The van der Waals surface area contributed by atoms with Crippen molar-refractivity contribution in [2.24, 2.45) is 0 Å². The van der Waals surface area contributed by atoms with Gasteiger partial charge >= 0.3 is 0 Å². The van der Waals surface area contributed by atoms with Crippen LogP contribution in [0.4, 0.5) is 0 Å². The van der Waals surface area contributed by atoms with E-state index in [-0.39, 0.29) is 0 Å². The van der Waals surface area contributed by atoms with Gasteiger partial charge in [-0.05, 0) is 44.9 Å². The molecule has 1 N–H and O–H groups in total. The second-order valence-corrected chi connectivity index (χ2v) is 6.75. The summed E-state index contributed by atoms with van der Waals surface area (Å²) in [5, 5.41) is 6.88. The van der Waals surface area contributed by atoms with Crippen molar-refractivity contribution >= 4 is 27.3 Å². The average molecular weight is 339 g/mol. The zero-order chi connectivity index (χ0) is 13.8. The van der Waals surface area contributed by atoms with Gasteiger partial charge < -0.3 is 5.32 Å². The van der Waals surface area contributed by atoms with E-state index in [2.05, 4.69) is 69.7 Å². The summed E-state index contributed by atoms with van der Waals surface area (Å²) in [6.45, 7) is 6.44. The Morgan fingerprint density at radius 3 is 2.53 bits per heavy atom. The number of nitrogens with one attached hydrogen (secondary N) is 1. The van der Waals surface area contributed by atoms with E-state index in [1.807, 2.05) is 6.92 Å². The van der Waals surface area contributed by atoms with E-state index >= 15 is 0 Å². The van der Waals surface area contributed by atoms with E-state index in [0.717, 1.165) is 16.6 Å². The summed E-state index contributed by atoms with van der Waals surface area (Å²) >= 11 is 5.19. The molecule has 0 radical (unpaired) electrons. The van der Waals surface area contributed by atoms with Gasteiger partial charge in [-0.1, -0.05) is 28.1 Å². The zero-order valence-electron chi connectivity index (χ0n) is 11.5. The maximum absolute atomic E-state index is 4.53. The first-order chi connectivity index (χ1) is 9.04. The molecule has 0 saturated carbocycles. The lowest BCUT2D eigenvalue weighted by atomic mass is 10.1. The van der Waals surface area contributed by atoms with Crippen LogP contribution in [0.15, 0.2) is 34.1 Å². The molecule has 0 amide bonds. The predicted molar refractivity (Wildman–Crippen MR) is 85.7 cm³/mol. The molecule has 2 atom stereocenters. The van der Waals surface area contributed by atoms with Crippen molar-refractivity contribution in [1.29, 1.82) is 0 Å². The highest BCUT2D eigenvalue weighted by Gasteiger charge is 2.12. The highest BCUT2D eigenvalue weighted by atomic mass is 79.9. The molecular weight excluding hydrogens is 320 g/mol. The van der Waals surface area contributed by atoms with Gasteiger partial charge in [-0.3, -0.25) is 0 Å². The first-order valence-electron chi connectivity index (χ1n) is 6.47. The number of halogens is 1. The van der Waals surface area contributed by atoms with Crippen molar-refractivity contribution < 1.29 is 0 Å². The van der Waals surface area contributed by atoms with Crippen LogP contribution >= 0.6 is 27.3 Å². The molecule has 4 heteroatoms. The fourth-order valence-corrected chi connectivity index (χ4v) is 3.18. The van der Waals surface area contributed by atoms with E-state index in [1.54, 1.807) is 11.3 Å². The van der Waals surface area contributed by atoms with Crippen LogP contribution in [0.3, 0.4) is 0 Å². The minimum atomic E-state index is 0.309. The second-order valence-electron chi connectivity index (χ2n) is 4.95. The third-order valence-corrected chi connectivity index (χ3v) is 4.67. The van der Waals surface area contributed by atoms with Crippen molar-refractivity contribution in [1.82, 2.24) is 10.3 Å². The number of hydrogen-bond donors (Lipinski definition) is 1. The zero-order valence-corrected chi connectivity index (χ0v) is 13.9. The number of rotatable bonds is 5. The summed E-state index contributed by atoms with van der Waals surface area (Å²) < 4.78 is 1.13. The summed E-state index contributed by atoms with van der Waals surface area (Å²) in [4.78, 5) is 4.53. The summed E-state index contributed by atoms with van der Waals surface area (Å²) in [5.41, 5.74) is 2.46. The molecule has 0 aliphatic carbocycles. The van der Waals surface area contributed by atoms with E-state index in [9.17, 15) is 0 Å². The number of thiazole rings is 1. The minimum Gasteiger partial charge on any atom is -0.305 e. The highest BCUT2D eigenvalue weighted by Crippen LogP contribution is 2.19. The van der Waals surface area contributed by atoms with Crippen LogP contribution in [0.2, 0.25) is 0 Å². The number of aromatic nitrogens is 1. The molecule has 0 aliphatic heterocycles. The monoisotopic (exact) mass is 338 g/mol.